The summed E-state index contributed by atoms with van der Waals surface area (Å²) in [7, 11) is 1.92. The van der Waals surface area contributed by atoms with Gasteiger partial charge in [-0.05, 0) is 38.6 Å². The standard InChI is InChI=1S/C17H28N4O.ClH/c1-12-8-13(9-18)10-21(12)17(22)15-11-20(2)19-16(15)14-6-4-3-5-7-14;/h11-14H,3-10,18H2,1-2H3;1H. The van der Waals surface area contributed by atoms with Gasteiger partial charge in [0.25, 0.3) is 5.91 Å². The molecule has 2 heterocycles. The number of halogens is 1. The van der Waals surface area contributed by atoms with E-state index in [2.05, 4.69) is 12.0 Å². The zero-order valence-corrected chi connectivity index (χ0v) is 15.0. The number of amides is 1. The molecular weight excluding hydrogens is 312 g/mol. The van der Waals surface area contributed by atoms with Gasteiger partial charge in [0.15, 0.2) is 0 Å². The molecule has 0 bridgehead atoms. The maximum Gasteiger partial charge on any atom is 0.257 e. The molecule has 0 radical (unpaired) electrons. The average molecular weight is 341 g/mol. The van der Waals surface area contributed by atoms with Crippen LogP contribution in [0.4, 0.5) is 0 Å². The maximum absolute atomic E-state index is 13.0. The number of rotatable bonds is 3. The van der Waals surface area contributed by atoms with Crippen molar-refractivity contribution in [3.63, 3.8) is 0 Å². The Labute approximate surface area is 145 Å². The molecule has 1 amide bonds. The van der Waals surface area contributed by atoms with Crippen LogP contribution in [0.15, 0.2) is 6.20 Å². The maximum atomic E-state index is 13.0. The van der Waals surface area contributed by atoms with E-state index in [1.165, 1.54) is 19.3 Å². The fourth-order valence-electron chi connectivity index (χ4n) is 4.10. The van der Waals surface area contributed by atoms with Crippen LogP contribution in [0.5, 0.6) is 0 Å². The summed E-state index contributed by atoms with van der Waals surface area (Å²) in [5.41, 5.74) is 7.64. The predicted octanol–water partition coefficient (Wildman–Crippen LogP) is 2.70. The van der Waals surface area contributed by atoms with Gasteiger partial charge < -0.3 is 10.6 Å². The van der Waals surface area contributed by atoms with E-state index >= 15 is 0 Å². The van der Waals surface area contributed by atoms with Crippen molar-refractivity contribution < 1.29 is 4.79 Å². The van der Waals surface area contributed by atoms with E-state index in [9.17, 15) is 4.79 Å². The molecule has 3 rings (SSSR count). The van der Waals surface area contributed by atoms with Crippen molar-refractivity contribution in [1.82, 2.24) is 14.7 Å². The van der Waals surface area contributed by atoms with Gasteiger partial charge >= 0.3 is 0 Å². The van der Waals surface area contributed by atoms with E-state index in [1.807, 2.05) is 18.1 Å². The van der Waals surface area contributed by atoms with Gasteiger partial charge in [-0.1, -0.05) is 19.3 Å². The lowest BCUT2D eigenvalue weighted by atomic mass is 9.85. The molecule has 1 aliphatic heterocycles. The van der Waals surface area contributed by atoms with Crippen molar-refractivity contribution in [3.05, 3.63) is 17.5 Å². The van der Waals surface area contributed by atoms with Gasteiger partial charge in [-0.3, -0.25) is 9.48 Å². The van der Waals surface area contributed by atoms with Gasteiger partial charge in [-0.25, -0.2) is 0 Å². The topological polar surface area (TPSA) is 64.2 Å². The van der Waals surface area contributed by atoms with Crippen LogP contribution in [-0.2, 0) is 7.05 Å². The van der Waals surface area contributed by atoms with Gasteiger partial charge in [-0.15, -0.1) is 12.4 Å². The van der Waals surface area contributed by atoms with E-state index in [1.54, 1.807) is 4.68 Å². The summed E-state index contributed by atoms with van der Waals surface area (Å²) >= 11 is 0. The highest BCUT2D eigenvalue weighted by molar-refractivity contribution is 5.95. The van der Waals surface area contributed by atoms with Crippen molar-refractivity contribution in [3.8, 4) is 0 Å². The lowest BCUT2D eigenvalue weighted by Crippen LogP contribution is -2.35. The molecule has 2 aliphatic rings. The molecule has 2 atom stereocenters. The van der Waals surface area contributed by atoms with Crippen LogP contribution in [0, 0.1) is 5.92 Å². The fraction of sp³-hybridized carbons (Fsp3) is 0.765. The van der Waals surface area contributed by atoms with E-state index in [4.69, 9.17) is 5.73 Å². The highest BCUT2D eigenvalue weighted by Gasteiger charge is 2.35. The van der Waals surface area contributed by atoms with Gasteiger partial charge in [0.1, 0.15) is 0 Å². The first-order chi connectivity index (χ1) is 10.6. The summed E-state index contributed by atoms with van der Waals surface area (Å²) < 4.78 is 1.80. The van der Waals surface area contributed by atoms with Gasteiger partial charge in [-0.2, -0.15) is 5.10 Å². The Morgan fingerprint density at radius 2 is 2.04 bits per heavy atom. The average Bonchev–Trinajstić information content (AvgIpc) is 3.10. The van der Waals surface area contributed by atoms with Crippen LogP contribution in [-0.4, -0.2) is 39.7 Å². The van der Waals surface area contributed by atoms with Crippen molar-refractivity contribution in [2.24, 2.45) is 18.7 Å². The minimum Gasteiger partial charge on any atom is -0.335 e. The first-order valence-electron chi connectivity index (χ1n) is 8.64. The van der Waals surface area contributed by atoms with Gasteiger partial charge in [0.05, 0.1) is 11.3 Å². The highest BCUT2D eigenvalue weighted by atomic mass is 35.5. The smallest absolute Gasteiger partial charge is 0.257 e. The molecule has 2 unspecified atom stereocenters. The Morgan fingerprint density at radius 1 is 1.35 bits per heavy atom. The minimum atomic E-state index is 0. The summed E-state index contributed by atoms with van der Waals surface area (Å²) in [5.74, 6) is 1.04. The zero-order chi connectivity index (χ0) is 15.7. The number of hydrogen-bond acceptors (Lipinski definition) is 3. The van der Waals surface area contributed by atoms with E-state index in [0.29, 0.717) is 18.4 Å². The van der Waals surface area contributed by atoms with E-state index < -0.39 is 0 Å². The van der Waals surface area contributed by atoms with Crippen molar-refractivity contribution in [1.29, 1.82) is 0 Å². The number of likely N-dealkylation sites (tertiary alicyclic amines) is 1. The monoisotopic (exact) mass is 340 g/mol. The molecule has 0 spiro atoms. The van der Waals surface area contributed by atoms with Crippen LogP contribution >= 0.6 is 12.4 Å². The second kappa shape index (κ2) is 7.67. The van der Waals surface area contributed by atoms with Crippen molar-refractivity contribution in [2.45, 2.75) is 57.4 Å². The molecular formula is C17H29ClN4O. The Morgan fingerprint density at radius 3 is 2.65 bits per heavy atom. The molecule has 2 N–H and O–H groups in total. The summed E-state index contributed by atoms with van der Waals surface area (Å²) in [4.78, 5) is 15.0. The van der Waals surface area contributed by atoms with Crippen LogP contribution < -0.4 is 5.73 Å². The molecule has 5 nitrogen and oxygen atoms in total. The summed E-state index contributed by atoms with van der Waals surface area (Å²) in [6, 6.07) is 0.278. The third kappa shape index (κ3) is 3.72. The van der Waals surface area contributed by atoms with Crippen molar-refractivity contribution in [2.75, 3.05) is 13.1 Å². The summed E-state index contributed by atoms with van der Waals surface area (Å²) in [5, 5.41) is 4.64. The fourth-order valence-corrected chi connectivity index (χ4v) is 4.10. The van der Waals surface area contributed by atoms with E-state index in [0.717, 1.165) is 37.1 Å². The Bertz CT molecular complexity index is 539. The second-order valence-corrected chi connectivity index (χ2v) is 7.08. The summed E-state index contributed by atoms with van der Waals surface area (Å²) in [6.07, 6.45) is 9.08. The molecule has 1 aromatic rings. The van der Waals surface area contributed by atoms with E-state index in [-0.39, 0.29) is 24.4 Å². The SMILES string of the molecule is CC1CC(CN)CN1C(=O)c1cn(C)nc1C1CCCCC1.Cl. The minimum absolute atomic E-state index is 0. The third-order valence-corrected chi connectivity index (χ3v) is 5.34. The number of aryl methyl sites for hydroxylation is 1. The molecule has 130 valence electrons. The lowest BCUT2D eigenvalue weighted by molar-refractivity contribution is 0.0741. The molecule has 23 heavy (non-hydrogen) atoms. The number of nitrogens with zero attached hydrogens (tertiary/aromatic N) is 3. The molecule has 1 aromatic heterocycles. The number of carbonyl (C=O) groups excluding carboxylic acids is 1. The largest absolute Gasteiger partial charge is 0.335 e. The van der Waals surface area contributed by atoms with Crippen LogP contribution in [0.25, 0.3) is 0 Å². The Balaban J connectivity index is 0.00000192. The number of hydrogen-bond donors (Lipinski definition) is 1. The van der Waals surface area contributed by atoms with Crippen LogP contribution in [0.3, 0.4) is 0 Å². The second-order valence-electron chi connectivity index (χ2n) is 7.08. The number of nitrogens with two attached hydrogens (primary N) is 1. The first kappa shape index (κ1) is 18.3. The molecule has 1 aliphatic carbocycles. The van der Waals surface area contributed by atoms with Gasteiger partial charge in [0.2, 0.25) is 0 Å². The molecule has 1 saturated heterocycles. The van der Waals surface area contributed by atoms with Crippen LogP contribution in [0.1, 0.15) is 67.4 Å². The normalized spacial score (nSPS) is 25.4. The Kier molecular flexibility index (Phi) is 6.09. The lowest BCUT2D eigenvalue weighted by Gasteiger charge is -2.24. The summed E-state index contributed by atoms with van der Waals surface area (Å²) in [6.45, 7) is 3.58. The van der Waals surface area contributed by atoms with Crippen LogP contribution in [0.2, 0.25) is 0 Å². The van der Waals surface area contributed by atoms with Gasteiger partial charge in [0, 0.05) is 31.7 Å². The quantitative estimate of drug-likeness (QED) is 0.920. The zero-order valence-electron chi connectivity index (χ0n) is 14.2. The Hall–Kier alpha value is -1.07. The molecule has 0 aromatic carbocycles. The highest BCUT2D eigenvalue weighted by Crippen LogP contribution is 2.34. The molecule has 2 fully saturated rings. The van der Waals surface area contributed by atoms with Crippen molar-refractivity contribution >= 4 is 18.3 Å². The first-order valence-corrected chi connectivity index (χ1v) is 8.64. The molecule has 6 heteroatoms. The molecule has 1 saturated carbocycles. The number of aromatic nitrogens is 2. The predicted molar refractivity (Wildman–Crippen MR) is 93.9 cm³/mol. The number of carbonyl (C=O) groups is 1. The third-order valence-electron chi connectivity index (χ3n) is 5.34.